The van der Waals surface area contributed by atoms with Crippen molar-refractivity contribution in [1.29, 1.82) is 0 Å². The quantitative estimate of drug-likeness (QED) is 0.760. The van der Waals surface area contributed by atoms with Crippen LogP contribution in [-0.2, 0) is 20.0 Å². The highest BCUT2D eigenvalue weighted by molar-refractivity contribution is 4.89. The van der Waals surface area contributed by atoms with E-state index in [0.717, 1.165) is 24.4 Å². The fourth-order valence-electron chi connectivity index (χ4n) is 1.11. The van der Waals surface area contributed by atoms with Crippen molar-refractivity contribution in [3.8, 4) is 0 Å². The third-order valence-corrected chi connectivity index (χ3v) is 1.99. The van der Waals surface area contributed by atoms with Crippen molar-refractivity contribution < 1.29 is 0 Å². The maximum Gasteiger partial charge on any atom is 0.0824 e. The summed E-state index contributed by atoms with van der Waals surface area (Å²) in [5, 5.41) is 15.2. The van der Waals surface area contributed by atoms with Gasteiger partial charge in [-0.15, -0.1) is 10.2 Å². The zero-order chi connectivity index (χ0) is 12.0. The molecular formula is C10H18N6. The lowest BCUT2D eigenvalue weighted by molar-refractivity contribution is 0.626. The van der Waals surface area contributed by atoms with Gasteiger partial charge in [0.2, 0.25) is 0 Å². The van der Waals surface area contributed by atoms with E-state index >= 15 is 0 Å². The highest BCUT2D eigenvalue weighted by Gasteiger charge is 1.90. The Bertz CT molecular complexity index is 376. The second-order valence-electron chi connectivity index (χ2n) is 3.45. The van der Waals surface area contributed by atoms with E-state index in [0.29, 0.717) is 0 Å². The maximum absolute atomic E-state index is 3.85. The minimum Gasteiger partial charge on any atom is -0.255 e. The van der Waals surface area contributed by atoms with Crippen LogP contribution >= 0.6 is 0 Å². The van der Waals surface area contributed by atoms with Crippen molar-refractivity contribution in [2.24, 2.45) is 7.05 Å². The highest BCUT2D eigenvalue weighted by Crippen LogP contribution is 1.89. The normalized spacial score (nSPS) is 9.75. The summed E-state index contributed by atoms with van der Waals surface area (Å²) in [6.07, 6.45) is 4.80. The minimum atomic E-state index is 0.904. The zero-order valence-electron chi connectivity index (χ0n) is 10.3. The van der Waals surface area contributed by atoms with Crippen LogP contribution in [0.4, 0.5) is 0 Å². The molecule has 2 aromatic heterocycles. The molecule has 0 aliphatic rings. The monoisotopic (exact) mass is 222 g/mol. The molecule has 0 aliphatic carbocycles. The number of nitrogens with zero attached hydrogens (tertiary/aromatic N) is 6. The topological polar surface area (TPSA) is 61.4 Å². The van der Waals surface area contributed by atoms with Gasteiger partial charge in [-0.3, -0.25) is 9.36 Å². The summed E-state index contributed by atoms with van der Waals surface area (Å²) in [5.41, 5.74) is 2.03. The largest absolute Gasteiger partial charge is 0.255 e. The van der Waals surface area contributed by atoms with Gasteiger partial charge < -0.3 is 0 Å². The van der Waals surface area contributed by atoms with Crippen LogP contribution in [-0.4, -0.2) is 30.0 Å². The summed E-state index contributed by atoms with van der Waals surface area (Å²) >= 11 is 0. The maximum atomic E-state index is 3.85. The van der Waals surface area contributed by atoms with Gasteiger partial charge in [0.1, 0.15) is 0 Å². The fourth-order valence-corrected chi connectivity index (χ4v) is 1.11. The lowest BCUT2D eigenvalue weighted by Gasteiger charge is -1.85. The molecule has 2 rings (SSSR count). The van der Waals surface area contributed by atoms with E-state index in [1.165, 1.54) is 0 Å². The van der Waals surface area contributed by atoms with Crippen LogP contribution in [0.25, 0.3) is 0 Å². The minimum absolute atomic E-state index is 0.904. The smallest absolute Gasteiger partial charge is 0.0824 e. The van der Waals surface area contributed by atoms with Crippen molar-refractivity contribution in [3.63, 3.8) is 0 Å². The lowest BCUT2D eigenvalue weighted by atomic mass is 10.4. The van der Waals surface area contributed by atoms with Crippen molar-refractivity contribution in [3.05, 3.63) is 23.8 Å². The van der Waals surface area contributed by atoms with Gasteiger partial charge in [0, 0.05) is 26.0 Å². The molecule has 0 bridgehead atoms. The van der Waals surface area contributed by atoms with Gasteiger partial charge in [0.05, 0.1) is 11.4 Å². The molecule has 2 aromatic rings. The predicted molar refractivity (Wildman–Crippen MR) is 60.8 cm³/mol. The Balaban J connectivity index is 0.000000160. The predicted octanol–water partition coefficient (Wildman–Crippen LogP) is 0.984. The Labute approximate surface area is 95.3 Å². The van der Waals surface area contributed by atoms with Crippen molar-refractivity contribution in [1.82, 2.24) is 30.0 Å². The molecule has 0 radical (unpaired) electrons. The molecule has 0 N–H and O–H groups in total. The van der Waals surface area contributed by atoms with Crippen LogP contribution in [0.1, 0.15) is 25.2 Å². The van der Waals surface area contributed by atoms with Gasteiger partial charge in [0.15, 0.2) is 0 Å². The summed E-state index contributed by atoms with van der Waals surface area (Å²) in [6, 6.07) is 0. The van der Waals surface area contributed by atoms with Crippen molar-refractivity contribution in [2.75, 3.05) is 0 Å². The van der Waals surface area contributed by atoms with Gasteiger partial charge >= 0.3 is 0 Å². The summed E-state index contributed by atoms with van der Waals surface area (Å²) in [7, 11) is 1.87. The van der Waals surface area contributed by atoms with Gasteiger partial charge in [-0.2, -0.15) is 0 Å². The molecule has 0 aromatic carbocycles. The Hall–Kier alpha value is -1.72. The second-order valence-corrected chi connectivity index (χ2v) is 3.45. The molecule has 6 heteroatoms. The number of aryl methyl sites for hydroxylation is 4. The number of hydrogen-bond donors (Lipinski definition) is 0. The van der Waals surface area contributed by atoms with E-state index in [1.807, 2.05) is 33.3 Å². The molecule has 0 aliphatic heterocycles. The van der Waals surface area contributed by atoms with Crippen LogP contribution in [0.5, 0.6) is 0 Å². The molecule has 0 saturated carbocycles. The molecule has 0 saturated heterocycles. The molecule has 2 heterocycles. The Morgan fingerprint density at radius 2 is 1.88 bits per heavy atom. The average Bonchev–Trinajstić information content (AvgIpc) is 2.88. The van der Waals surface area contributed by atoms with E-state index in [4.69, 9.17) is 0 Å². The van der Waals surface area contributed by atoms with Crippen molar-refractivity contribution >= 4 is 0 Å². The van der Waals surface area contributed by atoms with Gasteiger partial charge in [0.25, 0.3) is 0 Å². The van der Waals surface area contributed by atoms with Crippen LogP contribution in [0.15, 0.2) is 12.4 Å². The summed E-state index contributed by atoms with van der Waals surface area (Å²) < 4.78 is 3.51. The van der Waals surface area contributed by atoms with E-state index in [9.17, 15) is 0 Å². The molecule has 0 fully saturated rings. The number of rotatable bonds is 2. The summed E-state index contributed by atoms with van der Waals surface area (Å²) in [6.45, 7) is 6.93. The molecule has 0 spiro atoms. The Morgan fingerprint density at radius 3 is 2.12 bits per heavy atom. The Kier molecular flexibility index (Phi) is 4.63. The SMILES string of the molecule is CCc1cn(C)nn1.CCn1cc(C)nn1. The summed E-state index contributed by atoms with van der Waals surface area (Å²) in [4.78, 5) is 0. The zero-order valence-corrected chi connectivity index (χ0v) is 10.3. The highest BCUT2D eigenvalue weighted by atomic mass is 15.4. The van der Waals surface area contributed by atoms with E-state index in [1.54, 1.807) is 9.36 Å². The first-order chi connectivity index (χ1) is 7.65. The van der Waals surface area contributed by atoms with Crippen LogP contribution in [0.3, 0.4) is 0 Å². The standard InChI is InChI=1S/2C5H9N3/c1-3-5-4-8(2)7-6-5;1-3-8-4-5(2)6-7-8/h2*4H,3H2,1-2H3. The van der Waals surface area contributed by atoms with Gasteiger partial charge in [-0.25, -0.2) is 0 Å². The molecule has 0 atom stereocenters. The van der Waals surface area contributed by atoms with E-state index in [2.05, 4.69) is 27.5 Å². The first kappa shape index (κ1) is 12.4. The van der Waals surface area contributed by atoms with E-state index < -0.39 is 0 Å². The van der Waals surface area contributed by atoms with Gasteiger partial charge in [-0.1, -0.05) is 17.4 Å². The molecule has 0 amide bonds. The van der Waals surface area contributed by atoms with Crippen molar-refractivity contribution in [2.45, 2.75) is 33.7 Å². The third-order valence-electron chi connectivity index (χ3n) is 1.99. The molecular weight excluding hydrogens is 204 g/mol. The third kappa shape index (κ3) is 3.80. The van der Waals surface area contributed by atoms with Gasteiger partial charge in [-0.05, 0) is 20.3 Å². The second kappa shape index (κ2) is 5.99. The first-order valence-electron chi connectivity index (χ1n) is 5.37. The van der Waals surface area contributed by atoms with E-state index in [-0.39, 0.29) is 0 Å². The molecule has 6 nitrogen and oxygen atoms in total. The van der Waals surface area contributed by atoms with Crippen LogP contribution < -0.4 is 0 Å². The summed E-state index contributed by atoms with van der Waals surface area (Å²) in [5.74, 6) is 0. The number of aromatic nitrogens is 6. The molecule has 0 unspecified atom stereocenters. The Morgan fingerprint density at radius 1 is 1.12 bits per heavy atom. The average molecular weight is 222 g/mol. The molecule has 16 heavy (non-hydrogen) atoms. The fraction of sp³-hybridized carbons (Fsp3) is 0.600. The lowest BCUT2D eigenvalue weighted by Crippen LogP contribution is -1.93. The first-order valence-corrected chi connectivity index (χ1v) is 5.37. The van der Waals surface area contributed by atoms with Crippen LogP contribution in [0.2, 0.25) is 0 Å². The molecule has 88 valence electrons. The van der Waals surface area contributed by atoms with Crippen LogP contribution in [0, 0.1) is 6.92 Å². The number of hydrogen-bond acceptors (Lipinski definition) is 4.